The second kappa shape index (κ2) is 5.26. The number of nitrogens with one attached hydrogen (secondary N) is 1. The third-order valence-electron chi connectivity index (χ3n) is 4.62. The fourth-order valence-corrected chi connectivity index (χ4v) is 5.57. The summed E-state index contributed by atoms with van der Waals surface area (Å²) in [6.45, 7) is 0. The van der Waals surface area contributed by atoms with Crippen LogP contribution in [0, 0.1) is 17.8 Å². The molecule has 5 nitrogen and oxygen atoms in total. The molecule has 3 rings (SSSR count). The molecule has 1 aromatic rings. The maximum absolute atomic E-state index is 12.5. The SMILES string of the molecule is O=C(O)C1C2CCC(C2)C1NS(=O)(=O)c1ccccc1Cl. The van der Waals surface area contributed by atoms with E-state index >= 15 is 0 Å². The highest BCUT2D eigenvalue weighted by Gasteiger charge is 2.52. The molecule has 2 aliphatic rings. The Balaban J connectivity index is 1.89. The Bertz CT molecular complexity index is 675. The van der Waals surface area contributed by atoms with Gasteiger partial charge in [-0.25, -0.2) is 13.1 Å². The second-order valence-corrected chi connectivity index (χ2v) is 7.86. The van der Waals surface area contributed by atoms with Crippen molar-refractivity contribution in [2.45, 2.75) is 30.2 Å². The molecule has 2 bridgehead atoms. The lowest BCUT2D eigenvalue weighted by molar-refractivity contribution is -0.144. The number of rotatable bonds is 4. The molecule has 4 atom stereocenters. The smallest absolute Gasteiger partial charge is 0.308 e. The van der Waals surface area contributed by atoms with E-state index in [0.717, 1.165) is 19.3 Å². The Labute approximate surface area is 128 Å². The molecule has 4 unspecified atom stereocenters. The number of carboxylic acid groups (broad SMARTS) is 1. The number of carboxylic acids is 1. The minimum absolute atomic E-state index is 0.00132. The summed E-state index contributed by atoms with van der Waals surface area (Å²) >= 11 is 5.94. The van der Waals surface area contributed by atoms with Crippen molar-refractivity contribution >= 4 is 27.6 Å². The largest absolute Gasteiger partial charge is 0.481 e. The van der Waals surface area contributed by atoms with Gasteiger partial charge in [-0.2, -0.15) is 0 Å². The van der Waals surface area contributed by atoms with Crippen molar-refractivity contribution in [3.8, 4) is 0 Å². The number of aliphatic carboxylic acids is 1. The number of hydrogen-bond acceptors (Lipinski definition) is 3. The van der Waals surface area contributed by atoms with Crippen LogP contribution in [0.4, 0.5) is 0 Å². The monoisotopic (exact) mass is 329 g/mol. The maximum Gasteiger partial charge on any atom is 0.308 e. The van der Waals surface area contributed by atoms with E-state index in [9.17, 15) is 18.3 Å². The first-order valence-electron chi connectivity index (χ1n) is 6.90. The van der Waals surface area contributed by atoms with Crippen molar-refractivity contribution in [3.05, 3.63) is 29.3 Å². The summed E-state index contributed by atoms with van der Waals surface area (Å²) in [5, 5.41) is 9.51. The van der Waals surface area contributed by atoms with Crippen molar-refractivity contribution in [2.75, 3.05) is 0 Å². The van der Waals surface area contributed by atoms with Crippen molar-refractivity contribution in [1.29, 1.82) is 0 Å². The number of hydrogen-bond donors (Lipinski definition) is 2. The standard InChI is InChI=1S/C14H16ClNO4S/c15-10-3-1-2-4-11(10)21(19,20)16-13-9-6-5-8(7-9)12(13)14(17)18/h1-4,8-9,12-13,16H,5-7H2,(H,17,18). The van der Waals surface area contributed by atoms with Gasteiger partial charge < -0.3 is 5.11 Å². The first-order chi connectivity index (χ1) is 9.90. The van der Waals surface area contributed by atoms with Crippen LogP contribution in [0.15, 0.2) is 29.2 Å². The van der Waals surface area contributed by atoms with Crippen LogP contribution < -0.4 is 4.72 Å². The molecule has 0 heterocycles. The Morgan fingerprint density at radius 3 is 2.57 bits per heavy atom. The quantitative estimate of drug-likeness (QED) is 0.886. The molecule has 114 valence electrons. The van der Waals surface area contributed by atoms with E-state index in [1.165, 1.54) is 12.1 Å². The van der Waals surface area contributed by atoms with E-state index in [1.807, 2.05) is 0 Å². The summed E-state index contributed by atoms with van der Waals surface area (Å²) in [5.41, 5.74) is 0. The van der Waals surface area contributed by atoms with Gasteiger partial charge in [0.1, 0.15) is 4.90 Å². The van der Waals surface area contributed by atoms with Gasteiger partial charge in [-0.05, 0) is 43.2 Å². The van der Waals surface area contributed by atoms with Crippen LogP contribution in [0.3, 0.4) is 0 Å². The van der Waals surface area contributed by atoms with E-state index in [4.69, 9.17) is 11.6 Å². The molecule has 0 radical (unpaired) electrons. The lowest BCUT2D eigenvalue weighted by Crippen LogP contribution is -2.46. The third-order valence-corrected chi connectivity index (χ3v) is 6.58. The molecule has 21 heavy (non-hydrogen) atoms. The van der Waals surface area contributed by atoms with Gasteiger partial charge in [-0.3, -0.25) is 4.79 Å². The van der Waals surface area contributed by atoms with Crippen LogP contribution in [0.1, 0.15) is 19.3 Å². The van der Waals surface area contributed by atoms with E-state index in [2.05, 4.69) is 4.72 Å². The number of sulfonamides is 1. The first kappa shape index (κ1) is 14.8. The molecule has 0 aliphatic heterocycles. The van der Waals surface area contributed by atoms with E-state index in [1.54, 1.807) is 12.1 Å². The summed E-state index contributed by atoms with van der Waals surface area (Å²) in [7, 11) is -3.81. The van der Waals surface area contributed by atoms with Gasteiger partial charge in [0.15, 0.2) is 0 Å². The average Bonchev–Trinajstić information content (AvgIpc) is 2.99. The van der Waals surface area contributed by atoms with Crippen molar-refractivity contribution in [2.24, 2.45) is 17.8 Å². The lowest BCUT2D eigenvalue weighted by Gasteiger charge is -2.28. The summed E-state index contributed by atoms with van der Waals surface area (Å²) < 4.78 is 27.5. The Morgan fingerprint density at radius 1 is 1.24 bits per heavy atom. The summed E-state index contributed by atoms with van der Waals surface area (Å²) in [6.07, 6.45) is 2.53. The number of benzene rings is 1. The topological polar surface area (TPSA) is 83.5 Å². The minimum Gasteiger partial charge on any atom is -0.481 e. The molecule has 2 saturated carbocycles. The van der Waals surface area contributed by atoms with Crippen LogP contribution >= 0.6 is 11.6 Å². The number of halogens is 1. The fourth-order valence-electron chi connectivity index (χ4n) is 3.72. The summed E-state index contributed by atoms with van der Waals surface area (Å²) in [5.74, 6) is -1.38. The molecule has 7 heteroatoms. The molecular formula is C14H16ClNO4S. The van der Waals surface area contributed by atoms with Crippen LogP contribution in [0.5, 0.6) is 0 Å². The molecule has 0 saturated heterocycles. The van der Waals surface area contributed by atoms with Gasteiger partial charge in [0, 0.05) is 6.04 Å². The van der Waals surface area contributed by atoms with Gasteiger partial charge in [-0.1, -0.05) is 23.7 Å². The highest BCUT2D eigenvalue weighted by Crippen LogP contribution is 2.49. The third kappa shape index (κ3) is 2.56. The molecule has 0 spiro atoms. The van der Waals surface area contributed by atoms with Crippen LogP contribution in [0.2, 0.25) is 5.02 Å². The van der Waals surface area contributed by atoms with E-state index in [0.29, 0.717) is 0 Å². The summed E-state index contributed by atoms with van der Waals surface area (Å²) in [6, 6.07) is 5.64. The first-order valence-corrected chi connectivity index (χ1v) is 8.76. The highest BCUT2D eigenvalue weighted by molar-refractivity contribution is 7.89. The Hall–Kier alpha value is -1.11. The van der Waals surface area contributed by atoms with Crippen LogP contribution in [-0.2, 0) is 14.8 Å². The zero-order valence-corrected chi connectivity index (χ0v) is 12.8. The minimum atomic E-state index is -3.81. The normalized spacial score (nSPS) is 31.5. The number of carbonyl (C=O) groups is 1. The van der Waals surface area contributed by atoms with Gasteiger partial charge in [-0.15, -0.1) is 0 Å². The highest BCUT2D eigenvalue weighted by atomic mass is 35.5. The van der Waals surface area contributed by atoms with E-state index < -0.39 is 28.0 Å². The number of fused-ring (bicyclic) bond motifs is 2. The second-order valence-electron chi connectivity index (χ2n) is 5.77. The zero-order valence-electron chi connectivity index (χ0n) is 11.2. The van der Waals surface area contributed by atoms with Crippen LogP contribution in [0.25, 0.3) is 0 Å². The van der Waals surface area contributed by atoms with Gasteiger partial charge in [0.05, 0.1) is 10.9 Å². The maximum atomic E-state index is 12.5. The van der Waals surface area contributed by atoms with Gasteiger partial charge in [0.2, 0.25) is 10.0 Å². The molecule has 1 aromatic carbocycles. The molecule has 0 amide bonds. The van der Waals surface area contributed by atoms with Gasteiger partial charge in [0.25, 0.3) is 0 Å². The zero-order chi connectivity index (χ0) is 15.2. The summed E-state index contributed by atoms with van der Waals surface area (Å²) in [4.78, 5) is 11.4. The van der Waals surface area contributed by atoms with Crippen molar-refractivity contribution in [3.63, 3.8) is 0 Å². The Morgan fingerprint density at radius 2 is 1.90 bits per heavy atom. The van der Waals surface area contributed by atoms with E-state index in [-0.39, 0.29) is 21.8 Å². The Kier molecular flexibility index (Phi) is 3.71. The molecule has 2 aliphatic carbocycles. The average molecular weight is 330 g/mol. The molecule has 2 fully saturated rings. The lowest BCUT2D eigenvalue weighted by atomic mass is 9.85. The predicted molar refractivity (Wildman–Crippen MR) is 77.5 cm³/mol. The molecule has 2 N–H and O–H groups in total. The van der Waals surface area contributed by atoms with Crippen molar-refractivity contribution in [1.82, 2.24) is 4.72 Å². The fraction of sp³-hybridized carbons (Fsp3) is 0.500. The van der Waals surface area contributed by atoms with Gasteiger partial charge >= 0.3 is 5.97 Å². The predicted octanol–water partition coefficient (Wildman–Crippen LogP) is 2.12. The molecular weight excluding hydrogens is 314 g/mol. The van der Waals surface area contributed by atoms with Crippen molar-refractivity contribution < 1.29 is 18.3 Å². The molecule has 0 aromatic heterocycles. The van der Waals surface area contributed by atoms with Crippen LogP contribution in [-0.4, -0.2) is 25.5 Å².